The van der Waals surface area contributed by atoms with Gasteiger partial charge in [0.25, 0.3) is 0 Å². The summed E-state index contributed by atoms with van der Waals surface area (Å²) in [6, 6.07) is 7.95. The second-order valence-corrected chi connectivity index (χ2v) is 6.91. The predicted molar refractivity (Wildman–Crippen MR) is 125 cm³/mol. The summed E-state index contributed by atoms with van der Waals surface area (Å²) in [5.74, 6) is 2.58. The Kier molecular flexibility index (Phi) is 13.3. The summed E-state index contributed by atoms with van der Waals surface area (Å²) in [6.45, 7) is 7.62. The lowest BCUT2D eigenvalue weighted by Gasteiger charge is -2.26. The van der Waals surface area contributed by atoms with Crippen molar-refractivity contribution in [2.45, 2.75) is 32.8 Å². The van der Waals surface area contributed by atoms with Gasteiger partial charge in [0, 0.05) is 33.4 Å². The van der Waals surface area contributed by atoms with E-state index in [9.17, 15) is 0 Å². The van der Waals surface area contributed by atoms with Gasteiger partial charge in [0.1, 0.15) is 5.75 Å². The lowest BCUT2D eigenvalue weighted by Crippen LogP contribution is -2.40. The van der Waals surface area contributed by atoms with Gasteiger partial charge in [-0.1, -0.05) is 12.1 Å². The van der Waals surface area contributed by atoms with Gasteiger partial charge >= 0.3 is 0 Å². The van der Waals surface area contributed by atoms with Crippen LogP contribution in [-0.2, 0) is 16.1 Å². The molecule has 2 rings (SSSR count). The minimum absolute atomic E-state index is 0. The first-order valence-electron chi connectivity index (χ1n) is 10.0. The van der Waals surface area contributed by atoms with Crippen LogP contribution in [0.25, 0.3) is 0 Å². The van der Waals surface area contributed by atoms with Crippen LogP contribution < -0.4 is 10.1 Å². The Hall–Kier alpha value is -1.06. The van der Waals surface area contributed by atoms with E-state index in [0.29, 0.717) is 19.8 Å². The van der Waals surface area contributed by atoms with E-state index in [0.717, 1.165) is 49.5 Å². The van der Waals surface area contributed by atoms with Crippen molar-refractivity contribution >= 4 is 29.9 Å². The number of methoxy groups -OCH3 is 1. The summed E-state index contributed by atoms with van der Waals surface area (Å²) in [5, 5.41) is 3.37. The third-order valence-electron chi connectivity index (χ3n) is 4.81. The van der Waals surface area contributed by atoms with Crippen LogP contribution in [0.3, 0.4) is 0 Å². The fourth-order valence-corrected chi connectivity index (χ4v) is 3.16. The van der Waals surface area contributed by atoms with Crippen molar-refractivity contribution in [3.05, 3.63) is 29.8 Å². The van der Waals surface area contributed by atoms with Crippen LogP contribution in [-0.4, -0.2) is 64.5 Å². The molecule has 1 aromatic carbocycles. The fourth-order valence-electron chi connectivity index (χ4n) is 3.16. The first kappa shape index (κ1) is 25.0. The number of hydrogen-bond acceptors (Lipinski definition) is 4. The summed E-state index contributed by atoms with van der Waals surface area (Å²) in [4.78, 5) is 6.92. The Labute approximate surface area is 187 Å². The quantitative estimate of drug-likeness (QED) is 0.228. The van der Waals surface area contributed by atoms with Crippen LogP contribution in [0.1, 0.15) is 31.7 Å². The number of halogens is 1. The molecule has 1 aliphatic rings. The molecule has 160 valence electrons. The highest BCUT2D eigenvalue weighted by Crippen LogP contribution is 2.18. The van der Waals surface area contributed by atoms with E-state index in [2.05, 4.69) is 24.2 Å². The molecule has 6 nitrogen and oxygen atoms in total. The van der Waals surface area contributed by atoms with E-state index in [-0.39, 0.29) is 24.0 Å². The van der Waals surface area contributed by atoms with Gasteiger partial charge in [-0.25, -0.2) is 0 Å². The Bertz CT molecular complexity index is 566. The number of benzene rings is 1. The highest BCUT2D eigenvalue weighted by molar-refractivity contribution is 14.0. The number of nitrogens with one attached hydrogen (secondary N) is 1. The molecule has 0 spiro atoms. The summed E-state index contributed by atoms with van der Waals surface area (Å²) in [5.41, 5.74) is 1.11. The summed E-state index contributed by atoms with van der Waals surface area (Å²) < 4.78 is 16.4. The van der Waals surface area contributed by atoms with Crippen molar-refractivity contribution in [1.82, 2.24) is 10.2 Å². The maximum Gasteiger partial charge on any atom is 0.193 e. The molecular weight excluding hydrogens is 469 g/mol. The second-order valence-electron chi connectivity index (χ2n) is 6.91. The Morgan fingerprint density at radius 2 is 2.11 bits per heavy atom. The van der Waals surface area contributed by atoms with Gasteiger partial charge in [0.2, 0.25) is 0 Å². The molecule has 0 bridgehead atoms. The van der Waals surface area contributed by atoms with Gasteiger partial charge in [-0.15, -0.1) is 24.0 Å². The molecule has 0 aliphatic carbocycles. The monoisotopic (exact) mass is 505 g/mol. The molecule has 0 unspecified atom stereocenters. The third kappa shape index (κ3) is 9.43. The Morgan fingerprint density at radius 3 is 2.82 bits per heavy atom. The molecule has 28 heavy (non-hydrogen) atoms. The third-order valence-corrected chi connectivity index (χ3v) is 4.81. The van der Waals surface area contributed by atoms with Crippen LogP contribution in [0.5, 0.6) is 5.75 Å². The molecular formula is C21H36IN3O3. The number of aliphatic imine (C=N–C) groups is 1. The van der Waals surface area contributed by atoms with Gasteiger partial charge in [-0.2, -0.15) is 0 Å². The van der Waals surface area contributed by atoms with Crippen LogP contribution in [0, 0.1) is 5.92 Å². The summed E-state index contributed by atoms with van der Waals surface area (Å²) in [6.07, 6.45) is 3.55. The molecule has 1 heterocycles. The van der Waals surface area contributed by atoms with E-state index in [4.69, 9.17) is 19.2 Å². The minimum atomic E-state index is 0. The minimum Gasteiger partial charge on any atom is -0.497 e. The maximum absolute atomic E-state index is 5.76. The van der Waals surface area contributed by atoms with Crippen molar-refractivity contribution < 1.29 is 14.2 Å². The van der Waals surface area contributed by atoms with Crippen molar-refractivity contribution in [1.29, 1.82) is 0 Å². The van der Waals surface area contributed by atoms with Crippen molar-refractivity contribution in [2.24, 2.45) is 10.9 Å². The fraction of sp³-hybridized carbons (Fsp3) is 0.667. The van der Waals surface area contributed by atoms with Crippen molar-refractivity contribution in [3.8, 4) is 5.75 Å². The van der Waals surface area contributed by atoms with Gasteiger partial charge in [0.15, 0.2) is 5.96 Å². The zero-order chi connectivity index (χ0) is 19.3. The second kappa shape index (κ2) is 14.9. The number of rotatable bonds is 10. The molecule has 0 saturated carbocycles. The van der Waals surface area contributed by atoms with E-state index in [1.54, 1.807) is 7.11 Å². The molecule has 0 amide bonds. The average Bonchev–Trinajstić information content (AvgIpc) is 2.72. The lowest BCUT2D eigenvalue weighted by molar-refractivity contribution is 0.0625. The highest BCUT2D eigenvalue weighted by atomic mass is 127. The molecule has 7 heteroatoms. The van der Waals surface area contributed by atoms with Crippen molar-refractivity contribution in [3.63, 3.8) is 0 Å². The van der Waals surface area contributed by atoms with E-state index in [1.807, 2.05) is 24.3 Å². The molecule has 1 N–H and O–H groups in total. The highest BCUT2D eigenvalue weighted by Gasteiger charge is 2.15. The SMILES string of the molecule is CCNC(=NCCOCc1cccc(OC)c1)N(C)CCC1CCOCC1.I. The summed E-state index contributed by atoms with van der Waals surface area (Å²) in [7, 11) is 3.79. The predicted octanol–water partition coefficient (Wildman–Crippen LogP) is 3.54. The van der Waals surface area contributed by atoms with Crippen LogP contribution >= 0.6 is 24.0 Å². The van der Waals surface area contributed by atoms with Crippen molar-refractivity contribution in [2.75, 3.05) is 53.6 Å². The maximum atomic E-state index is 5.76. The van der Waals surface area contributed by atoms with E-state index < -0.39 is 0 Å². The smallest absolute Gasteiger partial charge is 0.193 e. The topological polar surface area (TPSA) is 55.3 Å². The first-order valence-corrected chi connectivity index (χ1v) is 10.0. The first-order chi connectivity index (χ1) is 13.2. The van der Waals surface area contributed by atoms with Gasteiger partial charge < -0.3 is 24.4 Å². The Balaban J connectivity index is 0.00000392. The molecule has 1 saturated heterocycles. The van der Waals surface area contributed by atoms with Crippen LogP contribution in [0.4, 0.5) is 0 Å². The molecule has 0 radical (unpaired) electrons. The molecule has 0 atom stereocenters. The van der Waals surface area contributed by atoms with E-state index >= 15 is 0 Å². The molecule has 0 aromatic heterocycles. The standard InChI is InChI=1S/C21H35N3O3.HI/c1-4-22-21(24(2)12-8-18-9-13-26-14-10-18)23-11-15-27-17-19-6-5-7-20(16-19)25-3;/h5-7,16,18H,4,8-15,17H2,1-3H3,(H,22,23);1H. The zero-order valence-electron chi connectivity index (χ0n) is 17.5. The number of ether oxygens (including phenoxy) is 3. The normalized spacial score (nSPS) is 15.0. The van der Waals surface area contributed by atoms with Gasteiger partial charge in [0.05, 0.1) is 26.9 Å². The van der Waals surface area contributed by atoms with Gasteiger partial charge in [-0.05, 0) is 49.8 Å². The van der Waals surface area contributed by atoms with E-state index in [1.165, 1.54) is 19.3 Å². The van der Waals surface area contributed by atoms with Gasteiger partial charge in [-0.3, -0.25) is 4.99 Å². The number of hydrogen-bond donors (Lipinski definition) is 1. The van der Waals surface area contributed by atoms with Crippen LogP contribution in [0.15, 0.2) is 29.3 Å². The number of guanidine groups is 1. The molecule has 1 aromatic rings. The number of nitrogens with zero attached hydrogens (tertiary/aromatic N) is 2. The molecule has 1 fully saturated rings. The Morgan fingerprint density at radius 1 is 1.32 bits per heavy atom. The largest absolute Gasteiger partial charge is 0.497 e. The van der Waals surface area contributed by atoms with Crippen LogP contribution in [0.2, 0.25) is 0 Å². The molecule has 1 aliphatic heterocycles. The summed E-state index contributed by atoms with van der Waals surface area (Å²) >= 11 is 0. The lowest BCUT2D eigenvalue weighted by atomic mass is 9.96. The average molecular weight is 505 g/mol. The zero-order valence-corrected chi connectivity index (χ0v) is 19.8.